The molecule has 0 N–H and O–H groups in total. The van der Waals surface area contributed by atoms with E-state index in [9.17, 15) is 13.2 Å². The smallest absolute Gasteiger partial charge is 0.352 e. The molecule has 10 heteroatoms. The molecule has 1 aliphatic rings. The second-order valence-corrected chi connectivity index (χ2v) is 6.23. The molecule has 28 heavy (non-hydrogen) atoms. The first-order valence-electron chi connectivity index (χ1n) is 8.65. The molecule has 1 fully saturated rings. The summed E-state index contributed by atoms with van der Waals surface area (Å²) in [7, 11) is 0. The van der Waals surface area contributed by atoms with E-state index in [1.807, 2.05) is 29.2 Å². The Hall–Kier alpha value is -3.30. The minimum Gasteiger partial charge on any atom is -0.352 e. The monoisotopic (exact) mass is 387 g/mol. The number of pyridine rings is 1. The van der Waals surface area contributed by atoms with Crippen molar-refractivity contribution < 1.29 is 13.2 Å². The summed E-state index contributed by atoms with van der Waals surface area (Å²) in [4.78, 5) is 15.4. The molecular weight excluding hydrogens is 371 g/mol. The van der Waals surface area contributed by atoms with E-state index < -0.39 is 11.9 Å². The van der Waals surface area contributed by atoms with Gasteiger partial charge in [-0.05, 0) is 30.3 Å². The lowest BCUT2D eigenvalue weighted by molar-refractivity contribution is -0.141. The summed E-state index contributed by atoms with van der Waals surface area (Å²) in [6, 6.07) is 8.37. The van der Waals surface area contributed by atoms with Crippen LogP contribution in [0.4, 0.5) is 24.9 Å². The standard InChI is InChI=1S/C18H16F3N7/c19-18(20,21)15-5-8-23-17(24-15)28-11-9-27(10-12-28)16-2-1-14(25-26-16)13-3-6-22-7-4-13/h1-8H,9-12H2. The SMILES string of the molecule is FC(F)(F)c1ccnc(N2CCN(c3ccc(-c4ccncc4)nn3)CC2)n1. The van der Waals surface area contributed by atoms with Crippen molar-refractivity contribution in [3.63, 3.8) is 0 Å². The summed E-state index contributed by atoms with van der Waals surface area (Å²) in [6.07, 6.45) is 0.0481. The van der Waals surface area contributed by atoms with Gasteiger partial charge < -0.3 is 9.80 Å². The highest BCUT2D eigenvalue weighted by Gasteiger charge is 2.33. The van der Waals surface area contributed by atoms with Crippen LogP contribution in [-0.4, -0.2) is 51.3 Å². The maximum Gasteiger partial charge on any atom is 0.433 e. The number of hydrogen-bond acceptors (Lipinski definition) is 7. The van der Waals surface area contributed by atoms with Crippen LogP contribution in [0, 0.1) is 0 Å². The highest BCUT2D eigenvalue weighted by molar-refractivity contribution is 5.59. The van der Waals surface area contributed by atoms with Crippen molar-refractivity contribution in [1.29, 1.82) is 0 Å². The van der Waals surface area contributed by atoms with E-state index >= 15 is 0 Å². The first-order chi connectivity index (χ1) is 13.5. The average molecular weight is 387 g/mol. The zero-order valence-corrected chi connectivity index (χ0v) is 14.7. The molecule has 0 aromatic carbocycles. The van der Waals surface area contributed by atoms with Gasteiger partial charge in [-0.3, -0.25) is 4.98 Å². The van der Waals surface area contributed by atoms with Crippen LogP contribution in [0.15, 0.2) is 48.9 Å². The van der Waals surface area contributed by atoms with Crippen LogP contribution in [0.5, 0.6) is 0 Å². The minimum absolute atomic E-state index is 0.0913. The molecule has 4 rings (SSSR count). The van der Waals surface area contributed by atoms with Crippen molar-refractivity contribution in [2.75, 3.05) is 36.0 Å². The van der Waals surface area contributed by atoms with Gasteiger partial charge in [0.15, 0.2) is 5.82 Å². The van der Waals surface area contributed by atoms with Gasteiger partial charge in [0.1, 0.15) is 5.69 Å². The predicted octanol–water partition coefficient (Wildman–Crippen LogP) is 2.67. The third kappa shape index (κ3) is 3.85. The quantitative estimate of drug-likeness (QED) is 0.684. The van der Waals surface area contributed by atoms with E-state index in [0.29, 0.717) is 26.2 Å². The molecule has 4 heterocycles. The molecule has 0 aliphatic carbocycles. The number of hydrogen-bond donors (Lipinski definition) is 0. The second-order valence-electron chi connectivity index (χ2n) is 6.23. The molecule has 0 amide bonds. The van der Waals surface area contributed by atoms with Crippen molar-refractivity contribution >= 4 is 11.8 Å². The molecule has 0 atom stereocenters. The predicted molar refractivity (Wildman–Crippen MR) is 96.7 cm³/mol. The van der Waals surface area contributed by atoms with Gasteiger partial charge in [-0.1, -0.05) is 0 Å². The lowest BCUT2D eigenvalue weighted by Gasteiger charge is -2.35. The largest absolute Gasteiger partial charge is 0.433 e. The van der Waals surface area contributed by atoms with Crippen LogP contribution in [0.1, 0.15) is 5.69 Å². The van der Waals surface area contributed by atoms with Gasteiger partial charge in [0.25, 0.3) is 0 Å². The molecule has 0 radical (unpaired) electrons. The van der Waals surface area contributed by atoms with Crippen molar-refractivity contribution in [1.82, 2.24) is 25.1 Å². The second kappa shape index (κ2) is 7.37. The molecule has 1 aliphatic heterocycles. The maximum atomic E-state index is 12.8. The number of piperazine rings is 1. The van der Waals surface area contributed by atoms with Gasteiger partial charge in [0, 0.05) is 50.3 Å². The van der Waals surface area contributed by atoms with Gasteiger partial charge in [-0.15, -0.1) is 10.2 Å². The van der Waals surface area contributed by atoms with E-state index in [2.05, 4.69) is 25.1 Å². The summed E-state index contributed by atoms with van der Waals surface area (Å²) < 4.78 is 38.5. The van der Waals surface area contributed by atoms with E-state index in [0.717, 1.165) is 29.3 Å². The summed E-state index contributed by atoms with van der Waals surface area (Å²) in [5.74, 6) is 0.816. The van der Waals surface area contributed by atoms with Crippen LogP contribution >= 0.6 is 0 Å². The third-order valence-electron chi connectivity index (χ3n) is 4.45. The molecule has 0 bridgehead atoms. The average Bonchev–Trinajstić information content (AvgIpc) is 2.74. The van der Waals surface area contributed by atoms with E-state index in [-0.39, 0.29) is 5.95 Å². The normalized spacial score (nSPS) is 15.0. The Morgan fingerprint density at radius 3 is 2.14 bits per heavy atom. The summed E-state index contributed by atoms with van der Waals surface area (Å²) in [5.41, 5.74) is 0.750. The van der Waals surface area contributed by atoms with Crippen LogP contribution in [0.3, 0.4) is 0 Å². The van der Waals surface area contributed by atoms with Crippen LogP contribution in [-0.2, 0) is 6.18 Å². The zero-order valence-electron chi connectivity index (χ0n) is 14.7. The van der Waals surface area contributed by atoms with E-state index in [1.165, 1.54) is 0 Å². The maximum absolute atomic E-state index is 12.8. The Morgan fingerprint density at radius 2 is 1.50 bits per heavy atom. The number of aromatic nitrogens is 5. The Bertz CT molecular complexity index is 924. The highest BCUT2D eigenvalue weighted by atomic mass is 19.4. The van der Waals surface area contributed by atoms with Crippen LogP contribution in [0.25, 0.3) is 11.3 Å². The lowest BCUT2D eigenvalue weighted by Crippen LogP contribution is -2.47. The number of rotatable bonds is 3. The first-order valence-corrected chi connectivity index (χ1v) is 8.65. The first kappa shape index (κ1) is 18.1. The highest BCUT2D eigenvalue weighted by Crippen LogP contribution is 2.28. The van der Waals surface area contributed by atoms with E-state index in [1.54, 1.807) is 17.3 Å². The third-order valence-corrected chi connectivity index (χ3v) is 4.45. The van der Waals surface area contributed by atoms with Crippen LogP contribution < -0.4 is 9.80 Å². The fourth-order valence-electron chi connectivity index (χ4n) is 2.96. The van der Waals surface area contributed by atoms with Gasteiger partial charge in [-0.25, -0.2) is 9.97 Å². The molecule has 3 aromatic heterocycles. The minimum atomic E-state index is -4.48. The molecule has 3 aromatic rings. The molecule has 0 unspecified atom stereocenters. The topological polar surface area (TPSA) is 70.9 Å². The Labute approximate surface area is 158 Å². The fourth-order valence-corrected chi connectivity index (χ4v) is 2.96. The lowest BCUT2D eigenvalue weighted by atomic mass is 10.2. The number of anilines is 2. The fraction of sp³-hybridized carbons (Fsp3) is 0.278. The molecule has 144 valence electrons. The zero-order chi connectivity index (χ0) is 19.6. The van der Waals surface area contributed by atoms with Crippen molar-refractivity contribution in [3.8, 4) is 11.3 Å². The van der Waals surface area contributed by atoms with Crippen molar-refractivity contribution in [3.05, 3.63) is 54.6 Å². The number of halogens is 3. The van der Waals surface area contributed by atoms with Gasteiger partial charge in [-0.2, -0.15) is 13.2 Å². The number of alkyl halides is 3. The van der Waals surface area contributed by atoms with Gasteiger partial charge in [0.2, 0.25) is 5.95 Å². The molecule has 0 spiro atoms. The summed E-state index contributed by atoms with van der Waals surface area (Å²) in [6.45, 7) is 2.16. The molecule has 0 saturated carbocycles. The summed E-state index contributed by atoms with van der Waals surface area (Å²) >= 11 is 0. The van der Waals surface area contributed by atoms with Crippen LogP contribution in [0.2, 0.25) is 0 Å². The van der Waals surface area contributed by atoms with Gasteiger partial charge in [0.05, 0.1) is 5.69 Å². The van der Waals surface area contributed by atoms with E-state index in [4.69, 9.17) is 0 Å². The van der Waals surface area contributed by atoms with Crippen molar-refractivity contribution in [2.45, 2.75) is 6.18 Å². The molecule has 7 nitrogen and oxygen atoms in total. The van der Waals surface area contributed by atoms with Crippen molar-refractivity contribution in [2.24, 2.45) is 0 Å². The van der Waals surface area contributed by atoms with Gasteiger partial charge >= 0.3 is 6.18 Å². The molecule has 1 saturated heterocycles. The summed E-state index contributed by atoms with van der Waals surface area (Å²) in [5, 5.41) is 8.54. The Balaban J connectivity index is 1.42. The Kier molecular flexibility index (Phi) is 4.76. The molecular formula is C18H16F3N7. The Morgan fingerprint density at radius 1 is 0.786 bits per heavy atom. The number of nitrogens with zero attached hydrogens (tertiary/aromatic N) is 7.